The van der Waals surface area contributed by atoms with Gasteiger partial charge in [-0.15, -0.1) is 0 Å². The minimum Gasteiger partial charge on any atom is -0.459 e. The molecule has 0 atom stereocenters. The van der Waals surface area contributed by atoms with E-state index in [4.69, 9.17) is 8.92 Å². The van der Waals surface area contributed by atoms with Crippen molar-refractivity contribution in [3.63, 3.8) is 0 Å². The lowest BCUT2D eigenvalue weighted by atomic mass is 9.94. The second kappa shape index (κ2) is 8.69. The largest absolute Gasteiger partial charge is 0.459 e. The SMILES string of the molecule is CC(C)(C)OC(=O)CN1CCC(CCOSI)CC1. The third kappa shape index (κ3) is 8.37. The van der Waals surface area contributed by atoms with Gasteiger partial charge in [-0.3, -0.25) is 9.69 Å². The Balaban J connectivity index is 2.17. The van der Waals surface area contributed by atoms with Gasteiger partial charge in [0.25, 0.3) is 0 Å². The van der Waals surface area contributed by atoms with Gasteiger partial charge in [0.2, 0.25) is 0 Å². The molecule has 1 heterocycles. The zero-order valence-corrected chi connectivity index (χ0v) is 15.0. The maximum atomic E-state index is 11.7. The van der Waals surface area contributed by atoms with Gasteiger partial charge in [0.05, 0.1) is 22.4 Å². The lowest BCUT2D eigenvalue weighted by Gasteiger charge is -2.31. The van der Waals surface area contributed by atoms with E-state index in [1.807, 2.05) is 20.8 Å². The number of nitrogens with zero attached hydrogens (tertiary/aromatic N) is 1. The molecule has 0 bridgehead atoms. The molecule has 1 aliphatic heterocycles. The van der Waals surface area contributed by atoms with E-state index in [0.717, 1.165) is 44.9 Å². The van der Waals surface area contributed by atoms with Crippen LogP contribution in [0.2, 0.25) is 0 Å². The Morgan fingerprint density at radius 3 is 2.53 bits per heavy atom. The highest BCUT2D eigenvalue weighted by atomic mass is 127. The topological polar surface area (TPSA) is 38.8 Å². The summed E-state index contributed by atoms with van der Waals surface area (Å²) in [6.07, 6.45) is 3.42. The molecule has 0 amide bonds. The van der Waals surface area contributed by atoms with E-state index >= 15 is 0 Å². The van der Waals surface area contributed by atoms with Crippen LogP contribution in [0, 0.1) is 5.92 Å². The van der Waals surface area contributed by atoms with Crippen molar-refractivity contribution in [2.75, 3.05) is 26.2 Å². The number of piperidine rings is 1. The molecule has 0 aromatic rings. The number of halogens is 1. The third-order valence-electron chi connectivity index (χ3n) is 3.13. The van der Waals surface area contributed by atoms with E-state index in [0.29, 0.717) is 6.54 Å². The summed E-state index contributed by atoms with van der Waals surface area (Å²) < 4.78 is 10.6. The summed E-state index contributed by atoms with van der Waals surface area (Å²) in [6.45, 7) is 8.93. The van der Waals surface area contributed by atoms with Gasteiger partial charge in [0.1, 0.15) is 5.60 Å². The summed E-state index contributed by atoms with van der Waals surface area (Å²) >= 11 is 2.14. The van der Waals surface area contributed by atoms with Crippen molar-refractivity contribution in [2.45, 2.75) is 45.6 Å². The molecule has 0 N–H and O–H groups in total. The molecule has 0 radical (unpaired) electrons. The monoisotopic (exact) mass is 401 g/mol. The molecule has 0 saturated carbocycles. The molecule has 1 saturated heterocycles. The number of rotatable bonds is 6. The summed E-state index contributed by atoms with van der Waals surface area (Å²) in [5, 5.41) is 0. The van der Waals surface area contributed by atoms with Gasteiger partial charge >= 0.3 is 5.97 Å². The van der Waals surface area contributed by atoms with E-state index in [1.54, 1.807) is 0 Å². The van der Waals surface area contributed by atoms with Gasteiger partial charge in [0, 0.05) is 21.2 Å². The van der Waals surface area contributed by atoms with Crippen LogP contribution in [0.4, 0.5) is 0 Å². The Bertz CT molecular complexity index is 276. The maximum Gasteiger partial charge on any atom is 0.320 e. The van der Waals surface area contributed by atoms with Crippen LogP contribution in [-0.2, 0) is 13.7 Å². The minimum absolute atomic E-state index is 0.115. The molecule has 0 aromatic heterocycles. The van der Waals surface area contributed by atoms with Crippen LogP contribution in [0.5, 0.6) is 0 Å². The molecular formula is C13H24INO3S. The predicted molar refractivity (Wildman–Crippen MR) is 87.2 cm³/mol. The fourth-order valence-electron chi connectivity index (χ4n) is 2.24. The Morgan fingerprint density at radius 1 is 1.37 bits per heavy atom. The second-order valence-corrected chi connectivity index (χ2v) is 7.42. The number of likely N-dealkylation sites (tertiary alicyclic amines) is 1. The molecule has 19 heavy (non-hydrogen) atoms. The van der Waals surface area contributed by atoms with E-state index in [2.05, 4.69) is 26.1 Å². The van der Waals surface area contributed by atoms with Gasteiger partial charge < -0.3 is 8.92 Å². The molecule has 0 aromatic carbocycles. The van der Waals surface area contributed by atoms with Crippen molar-refractivity contribution >= 4 is 36.4 Å². The fourth-order valence-corrected chi connectivity index (χ4v) is 2.93. The molecule has 0 aliphatic carbocycles. The average molecular weight is 401 g/mol. The van der Waals surface area contributed by atoms with Crippen molar-refractivity contribution in [3.05, 3.63) is 0 Å². The molecule has 4 nitrogen and oxygen atoms in total. The first-order chi connectivity index (χ1) is 8.90. The van der Waals surface area contributed by atoms with Crippen LogP contribution in [0.25, 0.3) is 0 Å². The first kappa shape index (κ1) is 17.5. The molecule has 1 rings (SSSR count). The molecule has 1 fully saturated rings. The zero-order valence-electron chi connectivity index (χ0n) is 12.0. The second-order valence-electron chi connectivity index (χ2n) is 5.98. The lowest BCUT2D eigenvalue weighted by molar-refractivity contribution is -0.156. The molecule has 0 unspecified atom stereocenters. The normalized spacial score (nSPS) is 18.5. The van der Waals surface area contributed by atoms with Gasteiger partial charge in [-0.25, -0.2) is 0 Å². The number of hydrogen-bond acceptors (Lipinski definition) is 5. The Kier molecular flexibility index (Phi) is 8.01. The molecular weight excluding hydrogens is 377 g/mol. The molecule has 1 aliphatic rings. The van der Waals surface area contributed by atoms with Crippen LogP contribution >= 0.6 is 30.4 Å². The van der Waals surface area contributed by atoms with Crippen molar-refractivity contribution in [2.24, 2.45) is 5.92 Å². The first-order valence-corrected chi connectivity index (χ1v) is 10.0. The predicted octanol–water partition coefficient (Wildman–Crippen LogP) is 3.45. The number of carbonyl (C=O) groups is 1. The number of hydrogen-bond donors (Lipinski definition) is 0. The molecule has 0 spiro atoms. The van der Waals surface area contributed by atoms with Crippen molar-refractivity contribution in [1.82, 2.24) is 4.90 Å². The summed E-state index contributed by atoms with van der Waals surface area (Å²) in [4.78, 5) is 13.9. The first-order valence-electron chi connectivity index (χ1n) is 6.75. The van der Waals surface area contributed by atoms with Crippen LogP contribution in [0.1, 0.15) is 40.0 Å². The average Bonchev–Trinajstić information content (AvgIpc) is 2.29. The Hall–Kier alpha value is 0.470. The zero-order chi connectivity index (χ0) is 14.3. The highest BCUT2D eigenvalue weighted by Crippen LogP contribution is 2.22. The highest BCUT2D eigenvalue weighted by molar-refractivity contribution is 14.2. The maximum absolute atomic E-state index is 11.7. The van der Waals surface area contributed by atoms with Gasteiger partial charge in [-0.05, 0) is 59.0 Å². The Labute approximate surface area is 132 Å². The standard InChI is InChI=1S/C13H24INO3S/c1-13(2,3)18-12(16)10-15-7-4-11(5-8-15)6-9-17-19-14/h11H,4-10H2,1-3H3. The van der Waals surface area contributed by atoms with Crippen LogP contribution in [0.15, 0.2) is 0 Å². The van der Waals surface area contributed by atoms with E-state index < -0.39 is 0 Å². The summed E-state index contributed by atoms with van der Waals surface area (Å²) in [5.41, 5.74) is -0.385. The fraction of sp³-hybridized carbons (Fsp3) is 0.923. The highest BCUT2D eigenvalue weighted by Gasteiger charge is 2.23. The van der Waals surface area contributed by atoms with Crippen LogP contribution in [0.3, 0.4) is 0 Å². The van der Waals surface area contributed by atoms with Gasteiger partial charge in [0.15, 0.2) is 0 Å². The quantitative estimate of drug-likeness (QED) is 0.295. The lowest BCUT2D eigenvalue weighted by Crippen LogP contribution is -2.39. The summed E-state index contributed by atoms with van der Waals surface area (Å²) in [7, 11) is 1.40. The third-order valence-corrected chi connectivity index (χ3v) is 4.15. The van der Waals surface area contributed by atoms with E-state index in [1.165, 1.54) is 9.21 Å². The molecule has 6 heteroatoms. The smallest absolute Gasteiger partial charge is 0.320 e. The summed E-state index contributed by atoms with van der Waals surface area (Å²) in [6, 6.07) is 0. The van der Waals surface area contributed by atoms with E-state index in [-0.39, 0.29) is 11.6 Å². The number of carbonyl (C=O) groups excluding carboxylic acids is 1. The van der Waals surface area contributed by atoms with Crippen LogP contribution in [-0.4, -0.2) is 42.7 Å². The van der Waals surface area contributed by atoms with E-state index in [9.17, 15) is 4.79 Å². The van der Waals surface area contributed by atoms with Gasteiger partial charge in [-0.2, -0.15) is 0 Å². The Morgan fingerprint density at radius 2 is 2.00 bits per heavy atom. The summed E-state index contributed by atoms with van der Waals surface area (Å²) in [5.74, 6) is 0.619. The van der Waals surface area contributed by atoms with Crippen LogP contribution < -0.4 is 0 Å². The number of esters is 1. The van der Waals surface area contributed by atoms with Crippen molar-refractivity contribution in [1.29, 1.82) is 0 Å². The number of ether oxygens (including phenoxy) is 1. The van der Waals surface area contributed by atoms with Crippen molar-refractivity contribution in [3.8, 4) is 0 Å². The van der Waals surface area contributed by atoms with Crippen molar-refractivity contribution < 1.29 is 13.7 Å². The molecule has 112 valence electrons. The minimum atomic E-state index is -0.385. The van der Waals surface area contributed by atoms with Gasteiger partial charge in [-0.1, -0.05) is 0 Å².